The molecule has 4 rings (SSSR count). The molecule has 1 atom stereocenters. The van der Waals surface area contributed by atoms with E-state index < -0.39 is 16.1 Å². The molecule has 1 N–H and O–H groups in total. The normalized spacial score (nSPS) is 14.5. The quantitative estimate of drug-likeness (QED) is 0.360. The van der Waals surface area contributed by atoms with Crippen molar-refractivity contribution in [1.82, 2.24) is 10.2 Å². The highest BCUT2D eigenvalue weighted by atomic mass is 35.5. The number of halogens is 2. The van der Waals surface area contributed by atoms with Crippen LogP contribution >= 0.6 is 23.2 Å². The number of benzene rings is 3. The zero-order chi connectivity index (χ0) is 26.7. The van der Waals surface area contributed by atoms with Crippen molar-refractivity contribution in [3.05, 3.63) is 70.2 Å². The van der Waals surface area contributed by atoms with Gasteiger partial charge in [0.25, 0.3) is 10.0 Å². The van der Waals surface area contributed by atoms with E-state index in [0.717, 1.165) is 11.8 Å². The van der Waals surface area contributed by atoms with E-state index in [1.807, 2.05) is 25.1 Å². The summed E-state index contributed by atoms with van der Waals surface area (Å²) < 4.78 is 27.8. The van der Waals surface area contributed by atoms with E-state index in [0.29, 0.717) is 33.2 Å². The first-order valence-electron chi connectivity index (χ1n) is 12.2. The van der Waals surface area contributed by atoms with Crippen LogP contribution in [-0.4, -0.2) is 44.3 Å². The summed E-state index contributed by atoms with van der Waals surface area (Å²) in [6.07, 6.45) is 1.13. The third-order valence-electron chi connectivity index (χ3n) is 6.51. The smallest absolute Gasteiger partial charge is 0.265 e. The van der Waals surface area contributed by atoms with Gasteiger partial charge in [-0.25, -0.2) is 8.42 Å². The van der Waals surface area contributed by atoms with Crippen LogP contribution in [0.25, 0.3) is 10.8 Å². The van der Waals surface area contributed by atoms with Gasteiger partial charge in [0, 0.05) is 41.5 Å². The van der Waals surface area contributed by atoms with Crippen LogP contribution in [0, 0.1) is 0 Å². The number of hydrogen-bond acceptors (Lipinski definition) is 4. The molecule has 0 saturated carbocycles. The van der Waals surface area contributed by atoms with E-state index in [9.17, 15) is 18.0 Å². The van der Waals surface area contributed by atoms with Crippen molar-refractivity contribution >= 4 is 61.5 Å². The molecule has 10 heteroatoms. The van der Waals surface area contributed by atoms with E-state index in [1.165, 1.54) is 9.21 Å². The van der Waals surface area contributed by atoms with Crippen molar-refractivity contribution < 1.29 is 18.0 Å². The number of sulfonamides is 1. The van der Waals surface area contributed by atoms with Crippen molar-refractivity contribution in [2.75, 3.05) is 17.4 Å². The standard InChI is InChI=1S/C27H29Cl2N3O4S/c1-3-14-30-27(34)18(2)31(17-20-12-13-21(28)16-22(20)29)25(33)11-6-15-32-23-9-4-7-19-8-5-10-24(26(19)23)37(32,35)36/h4-5,7-10,12-13,16,18H,3,6,11,14-15,17H2,1-2H3,(H,30,34). The zero-order valence-electron chi connectivity index (χ0n) is 20.7. The van der Waals surface area contributed by atoms with Crippen molar-refractivity contribution in [2.24, 2.45) is 0 Å². The fourth-order valence-corrected chi connectivity index (χ4v) is 6.75. The molecule has 0 saturated heterocycles. The van der Waals surface area contributed by atoms with Crippen LogP contribution in [0.4, 0.5) is 5.69 Å². The number of carbonyl (C=O) groups is 2. The molecule has 1 heterocycles. The van der Waals surface area contributed by atoms with Crippen molar-refractivity contribution in [2.45, 2.75) is 50.6 Å². The largest absolute Gasteiger partial charge is 0.354 e. The summed E-state index contributed by atoms with van der Waals surface area (Å²) in [6.45, 7) is 4.41. The number of hydrogen-bond donors (Lipinski definition) is 1. The average molecular weight is 563 g/mol. The number of nitrogens with zero attached hydrogens (tertiary/aromatic N) is 2. The minimum Gasteiger partial charge on any atom is -0.354 e. The number of amides is 2. The first-order valence-corrected chi connectivity index (χ1v) is 14.4. The lowest BCUT2D eigenvalue weighted by Gasteiger charge is -2.29. The summed E-state index contributed by atoms with van der Waals surface area (Å²) in [5, 5.41) is 5.28. The molecule has 0 spiro atoms. The number of nitrogens with one attached hydrogen (secondary N) is 1. The Morgan fingerprint density at radius 2 is 1.81 bits per heavy atom. The summed E-state index contributed by atoms with van der Waals surface area (Å²) >= 11 is 12.4. The van der Waals surface area contributed by atoms with Gasteiger partial charge in [-0.05, 0) is 55.0 Å². The Labute approximate surface area is 227 Å². The van der Waals surface area contributed by atoms with E-state index in [1.54, 1.807) is 43.3 Å². The second kappa shape index (κ2) is 11.3. The van der Waals surface area contributed by atoms with Crippen LogP contribution < -0.4 is 9.62 Å². The van der Waals surface area contributed by atoms with Crippen LogP contribution in [0.15, 0.2) is 59.5 Å². The number of rotatable bonds is 10. The molecule has 3 aromatic rings. The molecule has 1 unspecified atom stereocenters. The maximum Gasteiger partial charge on any atom is 0.265 e. The van der Waals surface area contributed by atoms with Crippen LogP contribution in [-0.2, 0) is 26.2 Å². The van der Waals surface area contributed by atoms with Gasteiger partial charge < -0.3 is 10.2 Å². The summed E-state index contributed by atoms with van der Waals surface area (Å²) in [4.78, 5) is 27.9. The van der Waals surface area contributed by atoms with Crippen LogP contribution in [0.3, 0.4) is 0 Å². The maximum atomic E-state index is 13.4. The molecule has 0 aromatic heterocycles. The van der Waals surface area contributed by atoms with Gasteiger partial charge in [0.15, 0.2) is 0 Å². The highest BCUT2D eigenvalue weighted by molar-refractivity contribution is 7.93. The third-order valence-corrected chi connectivity index (χ3v) is 8.95. The number of anilines is 1. The first kappa shape index (κ1) is 27.2. The highest BCUT2D eigenvalue weighted by Gasteiger charge is 2.35. The average Bonchev–Trinajstić information content (AvgIpc) is 3.09. The van der Waals surface area contributed by atoms with Crippen molar-refractivity contribution in [3.63, 3.8) is 0 Å². The number of carbonyl (C=O) groups excluding carboxylic acids is 2. The Bertz CT molecular complexity index is 1440. The van der Waals surface area contributed by atoms with E-state index >= 15 is 0 Å². The fourth-order valence-electron chi connectivity index (χ4n) is 4.53. The highest BCUT2D eigenvalue weighted by Crippen LogP contribution is 2.42. The minimum absolute atomic E-state index is 0.0644. The van der Waals surface area contributed by atoms with Gasteiger partial charge in [0.2, 0.25) is 11.8 Å². The predicted octanol–water partition coefficient (Wildman–Crippen LogP) is 5.38. The Kier molecular flexibility index (Phi) is 8.31. The lowest BCUT2D eigenvalue weighted by Crippen LogP contribution is -2.47. The summed E-state index contributed by atoms with van der Waals surface area (Å²) in [5.41, 5.74) is 1.29. The second-order valence-electron chi connectivity index (χ2n) is 9.04. The van der Waals surface area contributed by atoms with Gasteiger partial charge in [-0.2, -0.15) is 0 Å². The molecule has 7 nitrogen and oxygen atoms in total. The fraction of sp³-hybridized carbons (Fsp3) is 0.333. The van der Waals surface area contributed by atoms with Gasteiger partial charge in [0.1, 0.15) is 6.04 Å². The molecular weight excluding hydrogens is 533 g/mol. The molecular formula is C27H29Cl2N3O4S. The van der Waals surface area contributed by atoms with Crippen molar-refractivity contribution in [1.29, 1.82) is 0 Å². The molecule has 0 bridgehead atoms. The van der Waals surface area contributed by atoms with Crippen LogP contribution in [0.5, 0.6) is 0 Å². The van der Waals surface area contributed by atoms with Gasteiger partial charge in [-0.15, -0.1) is 0 Å². The predicted molar refractivity (Wildman–Crippen MR) is 147 cm³/mol. The topological polar surface area (TPSA) is 86.8 Å². The van der Waals surface area contributed by atoms with Gasteiger partial charge in [0.05, 0.1) is 10.6 Å². The van der Waals surface area contributed by atoms with Gasteiger partial charge in [-0.1, -0.05) is 60.5 Å². The molecule has 196 valence electrons. The molecule has 2 amide bonds. The molecule has 3 aromatic carbocycles. The molecule has 0 fully saturated rings. The third kappa shape index (κ3) is 5.56. The Hall–Kier alpha value is -2.81. The Morgan fingerprint density at radius 3 is 2.51 bits per heavy atom. The molecule has 1 aliphatic rings. The van der Waals surface area contributed by atoms with Gasteiger partial charge >= 0.3 is 0 Å². The van der Waals surface area contributed by atoms with Crippen LogP contribution in [0.1, 0.15) is 38.7 Å². The van der Waals surface area contributed by atoms with E-state index in [-0.39, 0.29) is 42.6 Å². The summed E-state index contributed by atoms with van der Waals surface area (Å²) in [7, 11) is -3.70. The van der Waals surface area contributed by atoms with Gasteiger partial charge in [-0.3, -0.25) is 13.9 Å². The van der Waals surface area contributed by atoms with E-state index in [2.05, 4.69) is 5.32 Å². The molecule has 37 heavy (non-hydrogen) atoms. The van der Waals surface area contributed by atoms with Crippen LogP contribution in [0.2, 0.25) is 10.0 Å². The minimum atomic E-state index is -3.70. The lowest BCUT2D eigenvalue weighted by molar-refractivity contribution is -0.140. The lowest BCUT2D eigenvalue weighted by atomic mass is 10.1. The zero-order valence-corrected chi connectivity index (χ0v) is 23.0. The Balaban J connectivity index is 1.50. The maximum absolute atomic E-state index is 13.4. The summed E-state index contributed by atoms with van der Waals surface area (Å²) in [5.74, 6) is -0.526. The summed E-state index contributed by atoms with van der Waals surface area (Å²) in [6, 6.07) is 15.0. The molecule has 0 aliphatic carbocycles. The van der Waals surface area contributed by atoms with E-state index in [4.69, 9.17) is 23.2 Å². The SMILES string of the molecule is CCCNC(=O)C(C)N(Cc1ccc(Cl)cc1Cl)C(=O)CCCN1c2cccc3cccc(c23)S1(=O)=O. The second-order valence-corrected chi connectivity index (χ2v) is 11.7. The monoisotopic (exact) mass is 561 g/mol. The molecule has 0 radical (unpaired) electrons. The van der Waals surface area contributed by atoms with Crippen molar-refractivity contribution in [3.8, 4) is 0 Å². The Morgan fingerprint density at radius 1 is 1.08 bits per heavy atom. The molecule has 1 aliphatic heterocycles. The first-order chi connectivity index (χ1) is 17.6.